The maximum Gasteiger partial charge on any atom is 0.262 e. The van der Waals surface area contributed by atoms with Crippen LogP contribution in [0.2, 0.25) is 5.02 Å². The number of nitrogens with zero attached hydrogens (tertiary/aromatic N) is 1. The van der Waals surface area contributed by atoms with Gasteiger partial charge in [-0.2, -0.15) is 0 Å². The number of hydrogen-bond donors (Lipinski definition) is 1. The summed E-state index contributed by atoms with van der Waals surface area (Å²) in [6.07, 6.45) is 4.69. The van der Waals surface area contributed by atoms with Crippen molar-refractivity contribution in [1.29, 1.82) is 0 Å². The molecule has 0 unspecified atom stereocenters. The largest absolute Gasteiger partial charge is 0.339 e. The van der Waals surface area contributed by atoms with Crippen LogP contribution in [0.3, 0.4) is 0 Å². The summed E-state index contributed by atoms with van der Waals surface area (Å²) in [7, 11) is 0. The molecule has 4 nitrogen and oxygen atoms in total. The van der Waals surface area contributed by atoms with Crippen molar-refractivity contribution in [3.63, 3.8) is 0 Å². The minimum atomic E-state index is -0.250. The zero-order chi connectivity index (χ0) is 14.8. The van der Waals surface area contributed by atoms with Crippen LogP contribution in [-0.2, 0) is 9.59 Å². The number of amides is 2. The fourth-order valence-corrected chi connectivity index (χ4v) is 3.52. The van der Waals surface area contributed by atoms with Gasteiger partial charge >= 0.3 is 0 Å². The van der Waals surface area contributed by atoms with Gasteiger partial charge in [-0.15, -0.1) is 0 Å². The molecule has 0 aromatic heterocycles. The summed E-state index contributed by atoms with van der Waals surface area (Å²) >= 11 is 7.22. The van der Waals surface area contributed by atoms with Gasteiger partial charge in [0.25, 0.3) is 5.91 Å². The Balaban J connectivity index is 1.79. The van der Waals surface area contributed by atoms with Crippen molar-refractivity contribution in [3.8, 4) is 0 Å². The van der Waals surface area contributed by atoms with E-state index >= 15 is 0 Å². The number of rotatable bonds is 1. The highest BCUT2D eigenvalue weighted by atomic mass is 35.5. The fraction of sp³-hybridized carbons (Fsp3) is 0.333. The van der Waals surface area contributed by atoms with Crippen LogP contribution in [0.25, 0.3) is 0 Å². The smallest absolute Gasteiger partial charge is 0.262 e. The Morgan fingerprint density at radius 2 is 2.05 bits per heavy atom. The highest BCUT2D eigenvalue weighted by Gasteiger charge is 2.23. The minimum absolute atomic E-state index is 0.0789. The molecule has 1 saturated heterocycles. The second-order valence-electron chi connectivity index (χ2n) is 5.09. The molecule has 110 valence electrons. The molecule has 0 aliphatic carbocycles. The van der Waals surface area contributed by atoms with Crippen LogP contribution < -0.4 is 5.32 Å². The highest BCUT2D eigenvalue weighted by molar-refractivity contribution is 8.04. The van der Waals surface area contributed by atoms with Crippen molar-refractivity contribution in [1.82, 2.24) is 4.90 Å². The zero-order valence-electron chi connectivity index (χ0n) is 11.4. The molecular formula is C15H15ClN2O2S. The first-order valence-electron chi connectivity index (χ1n) is 6.93. The number of hydrogen-bond acceptors (Lipinski definition) is 3. The van der Waals surface area contributed by atoms with E-state index in [0.717, 1.165) is 30.8 Å². The van der Waals surface area contributed by atoms with E-state index in [2.05, 4.69) is 5.32 Å². The summed E-state index contributed by atoms with van der Waals surface area (Å²) in [5, 5.41) is 3.35. The van der Waals surface area contributed by atoms with E-state index in [1.165, 1.54) is 24.3 Å². The van der Waals surface area contributed by atoms with Gasteiger partial charge in [-0.25, -0.2) is 0 Å². The van der Waals surface area contributed by atoms with Gasteiger partial charge in [0.05, 0.1) is 10.6 Å². The maximum atomic E-state index is 12.2. The number of anilines is 1. The molecule has 2 aliphatic heterocycles. The summed E-state index contributed by atoms with van der Waals surface area (Å²) in [5.74, 6) is -0.329. The van der Waals surface area contributed by atoms with Gasteiger partial charge in [-0.3, -0.25) is 9.59 Å². The van der Waals surface area contributed by atoms with Gasteiger partial charge in [0, 0.05) is 29.1 Å². The lowest BCUT2D eigenvalue weighted by molar-refractivity contribution is -0.127. The summed E-state index contributed by atoms with van der Waals surface area (Å²) in [6.45, 7) is 1.56. The molecule has 6 heteroatoms. The predicted octanol–water partition coefficient (Wildman–Crippen LogP) is 3.28. The molecule has 3 rings (SSSR count). The summed E-state index contributed by atoms with van der Waals surface area (Å²) in [4.78, 5) is 27.4. The molecule has 1 aromatic rings. The number of fused-ring (bicyclic) bond motifs is 1. The molecule has 0 bridgehead atoms. The quantitative estimate of drug-likeness (QED) is 0.807. The lowest BCUT2D eigenvalue weighted by Gasteiger charge is -2.26. The third-order valence-corrected chi connectivity index (χ3v) is 4.89. The SMILES string of the molecule is O=C1Nc2cc(Cl)ccc2S/C1=C/C(=O)N1CCCCC1. The molecule has 0 atom stereocenters. The molecule has 21 heavy (non-hydrogen) atoms. The van der Waals surface area contributed by atoms with Gasteiger partial charge in [-0.1, -0.05) is 23.4 Å². The van der Waals surface area contributed by atoms with Crippen molar-refractivity contribution < 1.29 is 9.59 Å². The average molecular weight is 323 g/mol. The van der Waals surface area contributed by atoms with Crippen molar-refractivity contribution in [2.75, 3.05) is 18.4 Å². The molecule has 1 aromatic carbocycles. The number of thioether (sulfide) groups is 1. The van der Waals surface area contributed by atoms with E-state index in [1.807, 2.05) is 11.0 Å². The summed E-state index contributed by atoms with van der Waals surface area (Å²) in [6, 6.07) is 5.33. The van der Waals surface area contributed by atoms with Crippen molar-refractivity contribution in [2.24, 2.45) is 0 Å². The Bertz CT molecular complexity index is 624. The number of piperidine rings is 1. The van der Waals surface area contributed by atoms with Crippen LogP contribution in [0.15, 0.2) is 34.1 Å². The highest BCUT2D eigenvalue weighted by Crippen LogP contribution is 2.39. The molecular weight excluding hydrogens is 308 g/mol. The van der Waals surface area contributed by atoms with Crippen LogP contribution in [0.5, 0.6) is 0 Å². The topological polar surface area (TPSA) is 49.4 Å². The van der Waals surface area contributed by atoms with Gasteiger partial charge < -0.3 is 10.2 Å². The van der Waals surface area contributed by atoms with Gasteiger partial charge in [0.2, 0.25) is 5.91 Å². The summed E-state index contributed by atoms with van der Waals surface area (Å²) < 4.78 is 0. The van der Waals surface area contributed by atoms with Crippen LogP contribution in [0.1, 0.15) is 19.3 Å². The predicted molar refractivity (Wildman–Crippen MR) is 84.5 cm³/mol. The van der Waals surface area contributed by atoms with Crippen molar-refractivity contribution >= 4 is 40.9 Å². The minimum Gasteiger partial charge on any atom is -0.339 e. The molecule has 0 radical (unpaired) electrons. The van der Waals surface area contributed by atoms with E-state index in [4.69, 9.17) is 11.6 Å². The van der Waals surface area contributed by atoms with Crippen LogP contribution >= 0.6 is 23.4 Å². The second-order valence-corrected chi connectivity index (χ2v) is 6.61. The molecule has 2 heterocycles. The van der Waals surface area contributed by atoms with Crippen molar-refractivity contribution in [3.05, 3.63) is 34.2 Å². The van der Waals surface area contributed by atoms with E-state index in [-0.39, 0.29) is 11.8 Å². The Kier molecular flexibility index (Phi) is 4.22. The number of carbonyl (C=O) groups excluding carboxylic acids is 2. The number of halogens is 1. The van der Waals surface area contributed by atoms with Gasteiger partial charge in [-0.05, 0) is 37.5 Å². The average Bonchev–Trinajstić information content (AvgIpc) is 2.49. The third-order valence-electron chi connectivity index (χ3n) is 3.56. The van der Waals surface area contributed by atoms with E-state index in [9.17, 15) is 9.59 Å². The standard InChI is InChI=1S/C15H15ClN2O2S/c16-10-4-5-12-11(8-10)17-15(20)13(21-12)9-14(19)18-6-2-1-3-7-18/h4-5,8-9H,1-3,6-7H2,(H,17,20)/b13-9+. The second kappa shape index (κ2) is 6.12. The number of carbonyl (C=O) groups is 2. The van der Waals surface area contributed by atoms with E-state index in [0.29, 0.717) is 15.6 Å². The maximum absolute atomic E-state index is 12.2. The number of benzene rings is 1. The number of nitrogens with one attached hydrogen (secondary N) is 1. The lowest BCUT2D eigenvalue weighted by Crippen LogP contribution is -2.35. The van der Waals surface area contributed by atoms with Gasteiger partial charge in [0.15, 0.2) is 0 Å². The third kappa shape index (κ3) is 3.24. The van der Waals surface area contributed by atoms with Crippen LogP contribution in [0.4, 0.5) is 5.69 Å². The van der Waals surface area contributed by atoms with Crippen LogP contribution in [-0.4, -0.2) is 29.8 Å². The normalized spacial score (nSPS) is 20.1. The molecule has 1 fully saturated rings. The molecule has 2 amide bonds. The van der Waals surface area contributed by atoms with Crippen molar-refractivity contribution in [2.45, 2.75) is 24.2 Å². The molecule has 0 saturated carbocycles. The summed E-state index contributed by atoms with van der Waals surface area (Å²) in [5.41, 5.74) is 0.695. The Morgan fingerprint density at radius 1 is 1.29 bits per heavy atom. The monoisotopic (exact) mass is 322 g/mol. The van der Waals surface area contributed by atoms with E-state index in [1.54, 1.807) is 12.1 Å². The Morgan fingerprint density at radius 3 is 2.81 bits per heavy atom. The molecule has 2 aliphatic rings. The zero-order valence-corrected chi connectivity index (χ0v) is 13.0. The first-order valence-corrected chi connectivity index (χ1v) is 8.12. The Labute approximate surface area is 132 Å². The first-order chi connectivity index (χ1) is 10.1. The van der Waals surface area contributed by atoms with Gasteiger partial charge in [0.1, 0.15) is 0 Å². The number of likely N-dealkylation sites (tertiary alicyclic amines) is 1. The molecule has 0 spiro atoms. The van der Waals surface area contributed by atoms with E-state index < -0.39 is 0 Å². The first kappa shape index (κ1) is 14.5. The van der Waals surface area contributed by atoms with Crippen LogP contribution in [0, 0.1) is 0 Å². The fourth-order valence-electron chi connectivity index (χ4n) is 2.45. The lowest BCUT2D eigenvalue weighted by atomic mass is 10.1. The Hall–Kier alpha value is -1.46. The molecule has 1 N–H and O–H groups in total.